The van der Waals surface area contributed by atoms with Crippen molar-refractivity contribution in [1.82, 2.24) is 0 Å². The topological polar surface area (TPSA) is 3.88 Å². The standard InChI is InChI=1S/C34H36N/c1-23-12-6-7-13-26(23)32-21-27(24(2)22-35(32)5)25-16-17-29-31(20-25)34(18-10-11-19-34)30-15-9-8-14-28(30)33(29,3)4/h6-9,12-17,20-22H,10-11,18-19H2,1-5H3/q+1. The van der Waals surface area contributed by atoms with Crippen LogP contribution in [-0.2, 0) is 17.9 Å². The molecule has 1 heterocycles. The molecule has 2 aliphatic carbocycles. The van der Waals surface area contributed by atoms with Gasteiger partial charge in [0.15, 0.2) is 6.20 Å². The first-order chi connectivity index (χ1) is 16.8. The van der Waals surface area contributed by atoms with Crippen LogP contribution in [0.15, 0.2) is 79.0 Å². The first-order valence-corrected chi connectivity index (χ1v) is 13.1. The number of aromatic nitrogens is 1. The SMILES string of the molecule is Cc1c[n+](C)c(-c2ccccc2C)cc1-c1ccc2c(c1)C1(CCCC1)c1ccccc1C2(C)C. The van der Waals surface area contributed by atoms with Gasteiger partial charge in [-0.3, -0.25) is 0 Å². The molecule has 0 atom stereocenters. The van der Waals surface area contributed by atoms with Gasteiger partial charge < -0.3 is 0 Å². The monoisotopic (exact) mass is 458 g/mol. The lowest BCUT2D eigenvalue weighted by Crippen LogP contribution is -2.38. The summed E-state index contributed by atoms with van der Waals surface area (Å²) in [4.78, 5) is 0. The molecule has 0 unspecified atom stereocenters. The molecule has 4 aromatic rings. The minimum atomic E-state index is 0.0166. The Labute approximate surface area is 210 Å². The third kappa shape index (κ3) is 3.24. The summed E-state index contributed by atoms with van der Waals surface area (Å²) in [5.74, 6) is 0. The second-order valence-corrected chi connectivity index (χ2v) is 11.4. The molecule has 0 N–H and O–H groups in total. The Kier molecular flexibility index (Phi) is 5.04. The smallest absolute Gasteiger partial charge is 0.201 e. The van der Waals surface area contributed by atoms with Gasteiger partial charge in [-0.05, 0) is 77.8 Å². The van der Waals surface area contributed by atoms with Gasteiger partial charge in [0.2, 0.25) is 5.69 Å². The fraction of sp³-hybridized carbons (Fsp3) is 0.324. The summed E-state index contributed by atoms with van der Waals surface area (Å²) in [6.45, 7) is 9.28. The summed E-state index contributed by atoms with van der Waals surface area (Å²) in [5.41, 5.74) is 14.2. The van der Waals surface area contributed by atoms with E-state index in [0.29, 0.717) is 0 Å². The minimum absolute atomic E-state index is 0.0166. The van der Waals surface area contributed by atoms with Crippen LogP contribution in [0, 0.1) is 13.8 Å². The number of nitrogens with zero attached hydrogens (tertiary/aromatic N) is 1. The fourth-order valence-electron chi connectivity index (χ4n) is 7.13. The van der Waals surface area contributed by atoms with Gasteiger partial charge in [0, 0.05) is 28.0 Å². The van der Waals surface area contributed by atoms with Crippen LogP contribution in [0.4, 0.5) is 0 Å². The molecule has 0 aliphatic heterocycles. The minimum Gasteiger partial charge on any atom is -0.201 e. The zero-order valence-corrected chi connectivity index (χ0v) is 21.8. The molecule has 1 spiro atoms. The molecule has 0 saturated heterocycles. The predicted molar refractivity (Wildman–Crippen MR) is 146 cm³/mol. The van der Waals surface area contributed by atoms with Crippen molar-refractivity contribution in [3.8, 4) is 22.4 Å². The van der Waals surface area contributed by atoms with Gasteiger partial charge in [0.25, 0.3) is 0 Å². The second-order valence-electron chi connectivity index (χ2n) is 11.4. The van der Waals surface area contributed by atoms with E-state index in [2.05, 4.69) is 118 Å². The zero-order valence-electron chi connectivity index (χ0n) is 21.8. The summed E-state index contributed by atoms with van der Waals surface area (Å²) in [7, 11) is 2.17. The van der Waals surface area contributed by atoms with Gasteiger partial charge in [-0.1, -0.05) is 81.3 Å². The number of hydrogen-bond acceptors (Lipinski definition) is 0. The second kappa shape index (κ2) is 7.92. The van der Waals surface area contributed by atoms with E-state index in [9.17, 15) is 0 Å². The predicted octanol–water partition coefficient (Wildman–Crippen LogP) is 7.96. The maximum Gasteiger partial charge on any atom is 0.213 e. The number of fused-ring (bicyclic) bond motifs is 4. The highest BCUT2D eigenvalue weighted by atomic mass is 14.9. The molecule has 0 radical (unpaired) electrons. The number of benzene rings is 3. The molecule has 1 nitrogen and oxygen atoms in total. The first kappa shape index (κ1) is 22.3. The molecule has 1 aromatic heterocycles. The summed E-state index contributed by atoms with van der Waals surface area (Å²) >= 11 is 0. The molecule has 1 fully saturated rings. The molecule has 3 aromatic carbocycles. The summed E-state index contributed by atoms with van der Waals surface area (Å²) in [6.07, 6.45) is 7.44. The van der Waals surface area contributed by atoms with Crippen molar-refractivity contribution in [2.75, 3.05) is 0 Å². The van der Waals surface area contributed by atoms with E-state index in [0.717, 1.165) is 0 Å². The van der Waals surface area contributed by atoms with Gasteiger partial charge in [0.05, 0.1) is 0 Å². The highest BCUT2D eigenvalue weighted by Gasteiger charge is 2.47. The average Bonchev–Trinajstić information content (AvgIpc) is 3.35. The Morgan fingerprint density at radius 2 is 1.31 bits per heavy atom. The third-order valence-corrected chi connectivity index (χ3v) is 8.99. The van der Waals surface area contributed by atoms with E-state index in [1.165, 1.54) is 70.3 Å². The number of hydrogen-bond donors (Lipinski definition) is 0. The Bertz CT molecular complexity index is 1450. The van der Waals surface area contributed by atoms with Crippen LogP contribution in [0.3, 0.4) is 0 Å². The van der Waals surface area contributed by atoms with E-state index in [1.54, 1.807) is 11.1 Å². The van der Waals surface area contributed by atoms with Crippen molar-refractivity contribution < 1.29 is 4.57 Å². The molecule has 35 heavy (non-hydrogen) atoms. The molecule has 6 rings (SSSR count). The Morgan fingerprint density at radius 3 is 2.06 bits per heavy atom. The van der Waals surface area contributed by atoms with Gasteiger partial charge in [0.1, 0.15) is 7.05 Å². The van der Waals surface area contributed by atoms with Crippen LogP contribution in [-0.4, -0.2) is 0 Å². The van der Waals surface area contributed by atoms with E-state index >= 15 is 0 Å². The Balaban J connectivity index is 1.58. The number of rotatable bonds is 2. The van der Waals surface area contributed by atoms with E-state index in [1.807, 2.05) is 0 Å². The molecule has 2 aliphatic rings. The number of pyridine rings is 1. The lowest BCUT2D eigenvalue weighted by molar-refractivity contribution is -0.660. The molecular weight excluding hydrogens is 422 g/mol. The normalized spacial score (nSPS) is 17.3. The zero-order chi connectivity index (χ0) is 24.4. The van der Waals surface area contributed by atoms with Crippen molar-refractivity contribution in [3.05, 3.63) is 112 Å². The van der Waals surface area contributed by atoms with Gasteiger partial charge in [-0.15, -0.1) is 0 Å². The first-order valence-electron chi connectivity index (χ1n) is 13.1. The molecule has 1 saturated carbocycles. The highest BCUT2D eigenvalue weighted by molar-refractivity contribution is 5.75. The van der Waals surface area contributed by atoms with E-state index in [-0.39, 0.29) is 10.8 Å². The largest absolute Gasteiger partial charge is 0.213 e. The summed E-state index contributed by atoms with van der Waals surface area (Å²) in [5, 5.41) is 0. The van der Waals surface area contributed by atoms with Crippen LogP contribution in [0.2, 0.25) is 0 Å². The van der Waals surface area contributed by atoms with Gasteiger partial charge >= 0.3 is 0 Å². The van der Waals surface area contributed by atoms with Crippen molar-refractivity contribution in [2.45, 2.75) is 64.2 Å². The van der Waals surface area contributed by atoms with Crippen molar-refractivity contribution in [2.24, 2.45) is 7.05 Å². The molecule has 176 valence electrons. The highest BCUT2D eigenvalue weighted by Crippen LogP contribution is 2.57. The molecule has 0 amide bonds. The molecular formula is C34H36N+. The summed E-state index contributed by atoms with van der Waals surface area (Å²) in [6, 6.07) is 27.8. The number of aryl methyl sites for hydroxylation is 3. The van der Waals surface area contributed by atoms with Crippen LogP contribution in [0.25, 0.3) is 22.4 Å². The average molecular weight is 459 g/mol. The van der Waals surface area contributed by atoms with E-state index in [4.69, 9.17) is 0 Å². The molecule has 1 heteroatoms. The fourth-order valence-corrected chi connectivity index (χ4v) is 7.13. The van der Waals surface area contributed by atoms with Gasteiger partial charge in [-0.25, -0.2) is 4.57 Å². The van der Waals surface area contributed by atoms with Crippen LogP contribution in [0.5, 0.6) is 0 Å². The molecule has 0 bridgehead atoms. The quantitative estimate of drug-likeness (QED) is 0.268. The van der Waals surface area contributed by atoms with E-state index < -0.39 is 0 Å². The van der Waals surface area contributed by atoms with Crippen LogP contribution in [0.1, 0.15) is 72.9 Å². The third-order valence-electron chi connectivity index (χ3n) is 8.99. The Hall–Kier alpha value is -3.19. The maximum atomic E-state index is 2.56. The maximum absolute atomic E-state index is 2.56. The summed E-state index contributed by atoms with van der Waals surface area (Å²) < 4.78 is 2.28. The van der Waals surface area contributed by atoms with Crippen molar-refractivity contribution in [1.29, 1.82) is 0 Å². The van der Waals surface area contributed by atoms with Crippen LogP contribution < -0.4 is 4.57 Å². The Morgan fingerprint density at radius 1 is 0.657 bits per heavy atom. The van der Waals surface area contributed by atoms with Crippen molar-refractivity contribution in [3.63, 3.8) is 0 Å². The lowest BCUT2D eigenvalue weighted by atomic mass is 9.57. The lowest BCUT2D eigenvalue weighted by Gasteiger charge is -2.46. The van der Waals surface area contributed by atoms with Crippen molar-refractivity contribution >= 4 is 0 Å². The van der Waals surface area contributed by atoms with Crippen LogP contribution >= 0.6 is 0 Å². The van der Waals surface area contributed by atoms with Gasteiger partial charge in [-0.2, -0.15) is 0 Å².